The van der Waals surface area contributed by atoms with E-state index in [4.69, 9.17) is 5.11 Å². The molecule has 1 aromatic heterocycles. The van der Waals surface area contributed by atoms with E-state index in [0.29, 0.717) is 11.7 Å². The van der Waals surface area contributed by atoms with Crippen molar-refractivity contribution < 1.29 is 9.90 Å². The Morgan fingerprint density at radius 2 is 2.18 bits per heavy atom. The zero-order valence-electron chi connectivity index (χ0n) is 10.5. The van der Waals surface area contributed by atoms with Crippen LogP contribution < -0.4 is 5.32 Å². The van der Waals surface area contributed by atoms with Crippen LogP contribution in [0.15, 0.2) is 12.4 Å². The summed E-state index contributed by atoms with van der Waals surface area (Å²) in [5.74, 6) is 0.312. The Kier molecular flexibility index (Phi) is 5.03. The second-order valence-electron chi connectivity index (χ2n) is 4.18. The number of rotatable bonds is 5. The predicted octanol–water partition coefficient (Wildman–Crippen LogP) is 1.70. The van der Waals surface area contributed by atoms with Gasteiger partial charge in [-0.05, 0) is 19.3 Å². The molecule has 0 aromatic carbocycles. The molecule has 0 saturated heterocycles. The SMILES string of the molecule is CCCC(C)c1cc(NC(=O)C(C)O)ncn1. The highest BCUT2D eigenvalue weighted by Crippen LogP contribution is 2.19. The maximum absolute atomic E-state index is 11.3. The molecule has 5 nitrogen and oxygen atoms in total. The number of anilines is 1. The smallest absolute Gasteiger partial charge is 0.254 e. The van der Waals surface area contributed by atoms with E-state index in [-0.39, 0.29) is 0 Å². The van der Waals surface area contributed by atoms with Crippen LogP contribution >= 0.6 is 0 Å². The lowest BCUT2D eigenvalue weighted by atomic mass is 10.0. The largest absolute Gasteiger partial charge is 0.384 e. The number of nitrogens with zero attached hydrogens (tertiary/aromatic N) is 2. The summed E-state index contributed by atoms with van der Waals surface area (Å²) >= 11 is 0. The van der Waals surface area contributed by atoms with Crippen molar-refractivity contribution in [2.24, 2.45) is 0 Å². The van der Waals surface area contributed by atoms with Crippen LogP contribution in [0.2, 0.25) is 0 Å². The Morgan fingerprint density at radius 1 is 1.47 bits per heavy atom. The third-order valence-electron chi connectivity index (χ3n) is 2.55. The normalized spacial score (nSPS) is 14.1. The summed E-state index contributed by atoms with van der Waals surface area (Å²) in [6.45, 7) is 5.62. The van der Waals surface area contributed by atoms with Crippen LogP contribution in [0.1, 0.15) is 45.2 Å². The Hall–Kier alpha value is -1.49. The van der Waals surface area contributed by atoms with Gasteiger partial charge in [-0.15, -0.1) is 0 Å². The van der Waals surface area contributed by atoms with Crippen molar-refractivity contribution in [1.29, 1.82) is 0 Å². The highest BCUT2D eigenvalue weighted by atomic mass is 16.3. The van der Waals surface area contributed by atoms with E-state index in [2.05, 4.69) is 29.1 Å². The number of aliphatic hydroxyl groups excluding tert-OH is 1. The van der Waals surface area contributed by atoms with Gasteiger partial charge in [0.05, 0.1) is 0 Å². The van der Waals surface area contributed by atoms with Gasteiger partial charge in [0.1, 0.15) is 18.2 Å². The molecule has 0 aliphatic heterocycles. The molecular formula is C12H19N3O2. The van der Waals surface area contributed by atoms with Crippen molar-refractivity contribution in [1.82, 2.24) is 9.97 Å². The van der Waals surface area contributed by atoms with Gasteiger partial charge in [0.15, 0.2) is 0 Å². The molecule has 0 fully saturated rings. The molecule has 2 N–H and O–H groups in total. The van der Waals surface area contributed by atoms with Crippen LogP contribution in [0.5, 0.6) is 0 Å². The van der Waals surface area contributed by atoms with Crippen molar-refractivity contribution in [3.63, 3.8) is 0 Å². The number of aliphatic hydroxyl groups is 1. The number of amides is 1. The van der Waals surface area contributed by atoms with Gasteiger partial charge in [-0.1, -0.05) is 20.3 Å². The van der Waals surface area contributed by atoms with Crippen LogP contribution in [0.4, 0.5) is 5.82 Å². The predicted molar refractivity (Wildman–Crippen MR) is 65.7 cm³/mol. The average molecular weight is 237 g/mol. The van der Waals surface area contributed by atoms with Gasteiger partial charge in [0.25, 0.3) is 5.91 Å². The van der Waals surface area contributed by atoms with E-state index in [0.717, 1.165) is 18.5 Å². The van der Waals surface area contributed by atoms with Gasteiger partial charge in [0.2, 0.25) is 0 Å². The van der Waals surface area contributed by atoms with E-state index in [1.807, 2.05) is 0 Å². The minimum atomic E-state index is -1.04. The lowest BCUT2D eigenvalue weighted by Crippen LogP contribution is -2.25. The number of carbonyl (C=O) groups excluding carboxylic acids is 1. The first kappa shape index (κ1) is 13.6. The summed E-state index contributed by atoms with van der Waals surface area (Å²) in [5, 5.41) is 11.6. The van der Waals surface area contributed by atoms with Gasteiger partial charge < -0.3 is 10.4 Å². The Bertz CT molecular complexity index is 380. The first-order valence-electron chi connectivity index (χ1n) is 5.85. The average Bonchev–Trinajstić information content (AvgIpc) is 2.29. The molecule has 0 spiro atoms. The monoisotopic (exact) mass is 237 g/mol. The van der Waals surface area contributed by atoms with E-state index in [1.54, 1.807) is 6.07 Å². The highest BCUT2D eigenvalue weighted by Gasteiger charge is 2.11. The molecule has 2 unspecified atom stereocenters. The van der Waals surface area contributed by atoms with E-state index in [9.17, 15) is 4.79 Å². The fourth-order valence-electron chi connectivity index (χ4n) is 1.52. The number of nitrogens with one attached hydrogen (secondary N) is 1. The number of hydrogen-bond donors (Lipinski definition) is 2. The van der Waals surface area contributed by atoms with E-state index in [1.165, 1.54) is 13.3 Å². The zero-order valence-corrected chi connectivity index (χ0v) is 10.5. The quantitative estimate of drug-likeness (QED) is 0.817. The van der Waals surface area contributed by atoms with Crippen LogP contribution in [-0.2, 0) is 4.79 Å². The molecule has 1 aromatic rings. The second kappa shape index (κ2) is 6.30. The molecule has 0 radical (unpaired) electrons. The summed E-state index contributed by atoms with van der Waals surface area (Å²) in [5.41, 5.74) is 0.905. The topological polar surface area (TPSA) is 75.1 Å². The summed E-state index contributed by atoms with van der Waals surface area (Å²) in [7, 11) is 0. The van der Waals surface area contributed by atoms with Crippen molar-refractivity contribution in [2.75, 3.05) is 5.32 Å². The van der Waals surface area contributed by atoms with Gasteiger partial charge in [0, 0.05) is 11.8 Å². The van der Waals surface area contributed by atoms with Gasteiger partial charge >= 0.3 is 0 Å². The van der Waals surface area contributed by atoms with Crippen LogP contribution in [0, 0.1) is 0 Å². The molecule has 1 rings (SSSR count). The standard InChI is InChI=1S/C12H19N3O2/c1-4-5-8(2)10-6-11(14-7-13-10)15-12(17)9(3)16/h6-9,16H,4-5H2,1-3H3,(H,13,14,15,17). The number of hydrogen-bond acceptors (Lipinski definition) is 4. The summed E-state index contributed by atoms with van der Waals surface area (Å²) < 4.78 is 0. The van der Waals surface area contributed by atoms with Crippen LogP contribution in [0.25, 0.3) is 0 Å². The summed E-state index contributed by atoms with van der Waals surface area (Å²) in [4.78, 5) is 19.4. The lowest BCUT2D eigenvalue weighted by Gasteiger charge is -2.11. The maximum Gasteiger partial charge on any atom is 0.254 e. The first-order valence-corrected chi connectivity index (χ1v) is 5.85. The molecule has 0 aliphatic carbocycles. The first-order chi connectivity index (χ1) is 8.04. The molecule has 5 heteroatoms. The van der Waals surface area contributed by atoms with E-state index < -0.39 is 12.0 Å². The molecule has 17 heavy (non-hydrogen) atoms. The minimum Gasteiger partial charge on any atom is -0.384 e. The van der Waals surface area contributed by atoms with E-state index >= 15 is 0 Å². The van der Waals surface area contributed by atoms with Crippen LogP contribution in [-0.4, -0.2) is 27.1 Å². The van der Waals surface area contributed by atoms with Gasteiger partial charge in [-0.25, -0.2) is 9.97 Å². The molecule has 1 heterocycles. The van der Waals surface area contributed by atoms with Crippen molar-refractivity contribution in [3.8, 4) is 0 Å². The van der Waals surface area contributed by atoms with Crippen molar-refractivity contribution in [3.05, 3.63) is 18.1 Å². The fraction of sp³-hybridized carbons (Fsp3) is 0.583. The maximum atomic E-state index is 11.3. The third-order valence-corrected chi connectivity index (χ3v) is 2.55. The van der Waals surface area contributed by atoms with Gasteiger partial charge in [-0.2, -0.15) is 0 Å². The highest BCUT2D eigenvalue weighted by molar-refractivity contribution is 5.92. The fourth-order valence-corrected chi connectivity index (χ4v) is 1.52. The minimum absolute atomic E-state index is 0.338. The lowest BCUT2D eigenvalue weighted by molar-refractivity contribution is -0.123. The molecule has 0 bridgehead atoms. The molecular weight excluding hydrogens is 218 g/mol. The number of carbonyl (C=O) groups is 1. The Morgan fingerprint density at radius 3 is 2.76 bits per heavy atom. The van der Waals surface area contributed by atoms with Crippen LogP contribution in [0.3, 0.4) is 0 Å². The molecule has 1 amide bonds. The molecule has 94 valence electrons. The zero-order chi connectivity index (χ0) is 12.8. The Labute approximate surface area is 101 Å². The summed E-state index contributed by atoms with van der Waals surface area (Å²) in [6, 6.07) is 1.75. The second-order valence-corrected chi connectivity index (χ2v) is 4.18. The molecule has 0 aliphatic rings. The van der Waals surface area contributed by atoms with Crippen molar-refractivity contribution in [2.45, 2.75) is 45.6 Å². The third kappa shape index (κ3) is 4.11. The number of aromatic nitrogens is 2. The van der Waals surface area contributed by atoms with Crippen molar-refractivity contribution >= 4 is 11.7 Å². The Balaban J connectivity index is 2.75. The van der Waals surface area contributed by atoms with Gasteiger partial charge in [-0.3, -0.25) is 4.79 Å². The molecule has 2 atom stereocenters. The molecule has 0 saturated carbocycles. The summed E-state index contributed by atoms with van der Waals surface area (Å²) in [6.07, 6.45) is 2.52.